The molecule has 1 nitrogen and oxygen atoms in total. The molecule has 0 rings (SSSR count). The van der Waals surface area contributed by atoms with E-state index in [1.165, 1.54) is 0 Å². The summed E-state index contributed by atoms with van der Waals surface area (Å²) >= 11 is 0. The zero-order chi connectivity index (χ0) is 7.15. The van der Waals surface area contributed by atoms with Gasteiger partial charge in [-0.1, -0.05) is 43.1 Å². The first-order valence-corrected chi connectivity index (χ1v) is 3.07. The molecule has 0 aromatic rings. The Bertz CT molecular complexity index is 20.3. The maximum Gasteiger partial charge on any atom is -0.0140 e. The van der Waals surface area contributed by atoms with Gasteiger partial charge in [0.1, 0.15) is 0 Å². The topological polar surface area (TPSA) is 3.24 Å². The van der Waals surface area contributed by atoms with E-state index in [4.69, 9.17) is 0 Å². The lowest BCUT2D eigenvalue weighted by atomic mass is 10.3. The van der Waals surface area contributed by atoms with E-state index < -0.39 is 0 Å². The van der Waals surface area contributed by atoms with E-state index in [9.17, 15) is 0 Å². The summed E-state index contributed by atoms with van der Waals surface area (Å²) in [5.74, 6) is 0.833. The molecule has 0 amide bonds. The molecular formula is C10H31N. The van der Waals surface area contributed by atoms with Crippen LogP contribution in [0.25, 0.3) is 0 Å². The van der Waals surface area contributed by atoms with Gasteiger partial charge < -0.3 is 4.90 Å². The van der Waals surface area contributed by atoms with Gasteiger partial charge in [0.05, 0.1) is 0 Å². The Labute approximate surface area is 75.8 Å². The number of nitrogens with zero attached hydrogens (tertiary/aromatic N) is 1. The monoisotopic (exact) mass is 165 g/mol. The first-order chi connectivity index (χ1) is 3.46. The van der Waals surface area contributed by atoms with E-state index in [1.807, 2.05) is 26.0 Å². The summed E-state index contributed by atoms with van der Waals surface area (Å²) in [6.07, 6.45) is 0. The highest BCUT2D eigenvalue weighted by Gasteiger charge is 1.68. The van der Waals surface area contributed by atoms with Crippen LogP contribution < -0.4 is 0 Å². The van der Waals surface area contributed by atoms with Crippen LogP contribution >= 0.6 is 0 Å². The fraction of sp³-hybridized carbons (Fsp3) is 1.00. The summed E-state index contributed by atoms with van der Waals surface area (Å²) in [6.45, 7) is 6.50. The third-order valence-corrected chi connectivity index (χ3v) is 0. The van der Waals surface area contributed by atoms with Crippen LogP contribution in [0.2, 0.25) is 0 Å². The van der Waals surface area contributed by atoms with Crippen LogP contribution in [0.3, 0.4) is 0 Å². The third kappa shape index (κ3) is 394000. The van der Waals surface area contributed by atoms with Crippen molar-refractivity contribution in [3.8, 4) is 0 Å². The van der Waals surface area contributed by atoms with Crippen LogP contribution in [0.15, 0.2) is 0 Å². The Morgan fingerprint density at radius 3 is 0.727 bits per heavy atom. The third-order valence-electron chi connectivity index (χ3n) is 0. The summed E-state index contributed by atoms with van der Waals surface area (Å²) in [4.78, 5) is 2.00. The Morgan fingerprint density at radius 2 is 0.727 bits per heavy atom. The molecule has 0 atom stereocenters. The SMILES string of the molecule is C.C.C.CC(C)C.CN(C)C. The highest BCUT2D eigenvalue weighted by molar-refractivity contribution is 4.20. The molecule has 0 saturated carbocycles. The highest BCUT2D eigenvalue weighted by atomic mass is 15.0. The number of rotatable bonds is 0. The average molecular weight is 165 g/mol. The van der Waals surface area contributed by atoms with E-state index >= 15 is 0 Å². The molecule has 0 aliphatic heterocycles. The minimum absolute atomic E-state index is 0. The summed E-state index contributed by atoms with van der Waals surface area (Å²) in [5.41, 5.74) is 0. The van der Waals surface area contributed by atoms with Crippen molar-refractivity contribution in [3.05, 3.63) is 0 Å². The molecule has 0 heterocycles. The molecule has 0 aliphatic carbocycles. The van der Waals surface area contributed by atoms with Crippen LogP contribution in [0.4, 0.5) is 0 Å². The van der Waals surface area contributed by atoms with Crippen molar-refractivity contribution in [1.82, 2.24) is 4.90 Å². The molecule has 0 aromatic heterocycles. The lowest BCUT2D eigenvalue weighted by Gasteiger charge is -1.90. The maximum absolute atomic E-state index is 2.17. The fourth-order valence-electron chi connectivity index (χ4n) is 0. The van der Waals surface area contributed by atoms with E-state index in [-0.39, 0.29) is 22.3 Å². The van der Waals surface area contributed by atoms with Crippen LogP contribution in [0, 0.1) is 5.92 Å². The van der Waals surface area contributed by atoms with Crippen LogP contribution in [-0.4, -0.2) is 26.0 Å². The Morgan fingerprint density at radius 1 is 0.727 bits per heavy atom. The van der Waals surface area contributed by atoms with Crippen LogP contribution in [-0.2, 0) is 0 Å². The molecule has 0 radical (unpaired) electrons. The summed E-state index contributed by atoms with van der Waals surface area (Å²) in [7, 11) is 6.00. The molecule has 0 aliphatic rings. The largest absolute Gasteiger partial charge is 0.312 e. The second-order valence-corrected chi connectivity index (χ2v) is 3.07. The van der Waals surface area contributed by atoms with Gasteiger partial charge in [0.2, 0.25) is 0 Å². The molecular weight excluding hydrogens is 134 g/mol. The van der Waals surface area contributed by atoms with Gasteiger partial charge in [0.25, 0.3) is 0 Å². The van der Waals surface area contributed by atoms with E-state index in [1.54, 1.807) is 0 Å². The van der Waals surface area contributed by atoms with Gasteiger partial charge in [0.15, 0.2) is 0 Å². The van der Waals surface area contributed by atoms with Crippen molar-refractivity contribution in [3.63, 3.8) is 0 Å². The van der Waals surface area contributed by atoms with E-state index in [0.717, 1.165) is 5.92 Å². The maximum atomic E-state index is 2.17. The Hall–Kier alpha value is -0.0400. The minimum Gasteiger partial charge on any atom is -0.312 e. The molecule has 0 unspecified atom stereocenters. The predicted molar refractivity (Wildman–Crippen MR) is 60.3 cm³/mol. The summed E-state index contributed by atoms with van der Waals surface area (Å²) < 4.78 is 0. The van der Waals surface area contributed by atoms with Gasteiger partial charge in [-0.15, -0.1) is 0 Å². The van der Waals surface area contributed by atoms with Crippen molar-refractivity contribution in [2.24, 2.45) is 5.92 Å². The summed E-state index contributed by atoms with van der Waals surface area (Å²) in [6, 6.07) is 0. The van der Waals surface area contributed by atoms with E-state index in [2.05, 4.69) is 20.8 Å². The van der Waals surface area contributed by atoms with Crippen molar-refractivity contribution in [2.45, 2.75) is 43.1 Å². The van der Waals surface area contributed by atoms with Crippen molar-refractivity contribution >= 4 is 0 Å². The smallest absolute Gasteiger partial charge is 0.0140 e. The highest BCUT2D eigenvalue weighted by Crippen LogP contribution is 1.81. The van der Waals surface area contributed by atoms with Crippen LogP contribution in [0.1, 0.15) is 43.1 Å². The molecule has 0 saturated heterocycles. The normalized spacial score (nSPS) is 6.55. The molecule has 76 valence electrons. The second-order valence-electron chi connectivity index (χ2n) is 3.07. The Kier molecular flexibility index (Phi) is 62.6. The molecule has 0 aromatic carbocycles. The van der Waals surface area contributed by atoms with Gasteiger partial charge in [-0.3, -0.25) is 0 Å². The molecule has 1 heteroatoms. The lowest BCUT2D eigenvalue weighted by Crippen LogP contribution is -1.99. The predicted octanol–water partition coefficient (Wildman–Crippen LogP) is 3.75. The standard InChI is InChI=1S/C4H10.C3H9N.3CH4/c2*1-4(2)3;;;/h4H,1-3H3;1-3H3;3*1H4. The fourth-order valence-corrected chi connectivity index (χ4v) is 0. The molecule has 0 fully saturated rings. The summed E-state index contributed by atoms with van der Waals surface area (Å²) in [5, 5.41) is 0. The van der Waals surface area contributed by atoms with Gasteiger partial charge >= 0.3 is 0 Å². The number of hydrogen-bond donors (Lipinski definition) is 0. The Balaban J connectivity index is -0.0000000171. The second kappa shape index (κ2) is 22.5. The average Bonchev–Trinajstić information content (AvgIpc) is 1.25. The lowest BCUT2D eigenvalue weighted by molar-refractivity contribution is 0.505. The van der Waals surface area contributed by atoms with Gasteiger partial charge in [0, 0.05) is 0 Å². The first-order valence-electron chi connectivity index (χ1n) is 3.07. The van der Waals surface area contributed by atoms with Crippen molar-refractivity contribution in [2.75, 3.05) is 21.1 Å². The molecule has 0 bridgehead atoms. The van der Waals surface area contributed by atoms with Crippen molar-refractivity contribution in [1.29, 1.82) is 0 Å². The molecule has 0 N–H and O–H groups in total. The minimum atomic E-state index is 0. The van der Waals surface area contributed by atoms with Crippen molar-refractivity contribution < 1.29 is 0 Å². The zero-order valence-electron chi connectivity index (χ0n) is 7.02. The van der Waals surface area contributed by atoms with Gasteiger partial charge in [-0.25, -0.2) is 0 Å². The quantitative estimate of drug-likeness (QED) is 0.528. The van der Waals surface area contributed by atoms with Gasteiger partial charge in [-0.05, 0) is 27.1 Å². The van der Waals surface area contributed by atoms with Gasteiger partial charge in [-0.2, -0.15) is 0 Å². The zero-order valence-corrected chi connectivity index (χ0v) is 7.02. The first kappa shape index (κ1) is 30.6. The van der Waals surface area contributed by atoms with Crippen LogP contribution in [0.5, 0.6) is 0 Å². The molecule has 11 heavy (non-hydrogen) atoms. The van der Waals surface area contributed by atoms with E-state index in [0.29, 0.717) is 0 Å². The molecule has 0 spiro atoms. The number of hydrogen-bond acceptors (Lipinski definition) is 1.